The Kier molecular flexibility index (Phi) is 4.46. The van der Waals surface area contributed by atoms with Gasteiger partial charge in [0.2, 0.25) is 0 Å². The Labute approximate surface area is 111 Å². The Balaban J connectivity index is 2.10. The molecule has 1 atom stereocenters. The Bertz CT molecular complexity index is 463. The van der Waals surface area contributed by atoms with Gasteiger partial charge in [-0.3, -0.25) is 11.3 Å². The zero-order valence-electron chi connectivity index (χ0n) is 10.7. The number of thiophene rings is 1. The zero-order chi connectivity index (χ0) is 13.0. The first kappa shape index (κ1) is 13.2. The summed E-state index contributed by atoms with van der Waals surface area (Å²) in [5, 5.41) is 8.42. The number of rotatable bonds is 6. The number of nitrogens with two attached hydrogens (primary N) is 1. The Morgan fingerprint density at radius 1 is 1.50 bits per heavy atom. The summed E-state index contributed by atoms with van der Waals surface area (Å²) in [4.78, 5) is 4.33. The fourth-order valence-corrected chi connectivity index (χ4v) is 2.59. The van der Waals surface area contributed by atoms with Crippen LogP contribution in [0.25, 0.3) is 0 Å². The van der Waals surface area contributed by atoms with Crippen LogP contribution in [0, 0.1) is 5.92 Å². The lowest BCUT2D eigenvalue weighted by molar-refractivity contribution is 0.447. The van der Waals surface area contributed by atoms with Crippen LogP contribution in [0.5, 0.6) is 0 Å². The lowest BCUT2D eigenvalue weighted by atomic mass is 10.1. The molecule has 0 bridgehead atoms. The maximum Gasteiger partial charge on any atom is 0.138 e. The molecule has 0 amide bonds. The number of hydrogen-bond donors (Lipinski definition) is 2. The predicted molar refractivity (Wildman–Crippen MR) is 72.9 cm³/mol. The van der Waals surface area contributed by atoms with Gasteiger partial charge in [-0.1, -0.05) is 13.8 Å². The van der Waals surface area contributed by atoms with E-state index < -0.39 is 0 Å². The molecule has 0 fully saturated rings. The maximum absolute atomic E-state index is 5.63. The van der Waals surface area contributed by atoms with E-state index in [1.54, 1.807) is 17.7 Å². The number of nitrogens with one attached hydrogen (secondary N) is 1. The Morgan fingerprint density at radius 2 is 2.33 bits per heavy atom. The van der Waals surface area contributed by atoms with Gasteiger partial charge in [0.25, 0.3) is 0 Å². The van der Waals surface area contributed by atoms with E-state index in [1.807, 2.05) is 4.68 Å². The van der Waals surface area contributed by atoms with Gasteiger partial charge in [-0.05, 0) is 28.3 Å². The van der Waals surface area contributed by atoms with Crippen LogP contribution in [0.4, 0.5) is 0 Å². The average molecular weight is 265 g/mol. The van der Waals surface area contributed by atoms with Gasteiger partial charge in [0.05, 0.1) is 6.04 Å². The van der Waals surface area contributed by atoms with Crippen LogP contribution in [-0.2, 0) is 13.0 Å². The van der Waals surface area contributed by atoms with Crippen molar-refractivity contribution in [3.05, 3.63) is 34.5 Å². The molecule has 2 aromatic heterocycles. The van der Waals surface area contributed by atoms with Crippen molar-refractivity contribution in [2.75, 3.05) is 0 Å². The minimum Gasteiger partial charge on any atom is -0.271 e. The standard InChI is InChI=1S/C12H19N5S/c1-9(2)6-17-12(14-8-15-17)5-11(16-13)10-3-4-18-7-10/h3-4,7-9,11,16H,5-6,13H2,1-2H3. The van der Waals surface area contributed by atoms with Crippen LogP contribution in [0.2, 0.25) is 0 Å². The van der Waals surface area contributed by atoms with E-state index >= 15 is 0 Å². The van der Waals surface area contributed by atoms with E-state index in [9.17, 15) is 0 Å². The minimum absolute atomic E-state index is 0.0892. The van der Waals surface area contributed by atoms with Gasteiger partial charge in [0.1, 0.15) is 12.2 Å². The zero-order valence-corrected chi connectivity index (χ0v) is 11.5. The molecule has 0 aliphatic rings. The highest BCUT2D eigenvalue weighted by Crippen LogP contribution is 2.19. The van der Waals surface area contributed by atoms with Crippen LogP contribution in [0.15, 0.2) is 23.2 Å². The highest BCUT2D eigenvalue weighted by molar-refractivity contribution is 7.07. The average Bonchev–Trinajstić information content (AvgIpc) is 2.96. The number of hydrogen-bond acceptors (Lipinski definition) is 5. The third kappa shape index (κ3) is 3.16. The molecule has 0 aliphatic carbocycles. The van der Waals surface area contributed by atoms with Gasteiger partial charge < -0.3 is 0 Å². The molecule has 0 saturated heterocycles. The smallest absolute Gasteiger partial charge is 0.138 e. The van der Waals surface area contributed by atoms with E-state index in [0.717, 1.165) is 18.8 Å². The molecule has 0 aromatic carbocycles. The first-order chi connectivity index (χ1) is 8.70. The molecule has 0 aliphatic heterocycles. The molecule has 0 radical (unpaired) electrons. The summed E-state index contributed by atoms with van der Waals surface area (Å²) < 4.78 is 1.96. The highest BCUT2D eigenvalue weighted by atomic mass is 32.1. The van der Waals surface area contributed by atoms with E-state index in [-0.39, 0.29) is 6.04 Å². The van der Waals surface area contributed by atoms with Crippen LogP contribution in [0.3, 0.4) is 0 Å². The van der Waals surface area contributed by atoms with Crippen molar-refractivity contribution in [2.24, 2.45) is 11.8 Å². The molecule has 6 heteroatoms. The molecule has 1 unspecified atom stereocenters. The van der Waals surface area contributed by atoms with Crippen molar-refractivity contribution < 1.29 is 0 Å². The molecular formula is C12H19N5S. The molecule has 98 valence electrons. The number of aromatic nitrogens is 3. The molecule has 2 aromatic rings. The quantitative estimate of drug-likeness (QED) is 0.616. The van der Waals surface area contributed by atoms with Gasteiger partial charge in [0, 0.05) is 13.0 Å². The van der Waals surface area contributed by atoms with Crippen LogP contribution < -0.4 is 11.3 Å². The predicted octanol–water partition coefficient (Wildman–Crippen LogP) is 1.74. The summed E-state index contributed by atoms with van der Waals surface area (Å²) in [5.41, 5.74) is 4.04. The number of hydrazine groups is 1. The summed E-state index contributed by atoms with van der Waals surface area (Å²) in [6.07, 6.45) is 2.36. The Hall–Kier alpha value is -1.24. The maximum atomic E-state index is 5.63. The van der Waals surface area contributed by atoms with E-state index in [1.165, 1.54) is 5.56 Å². The van der Waals surface area contributed by atoms with E-state index in [4.69, 9.17) is 5.84 Å². The second kappa shape index (κ2) is 6.08. The van der Waals surface area contributed by atoms with Crippen LogP contribution >= 0.6 is 11.3 Å². The molecule has 3 N–H and O–H groups in total. The van der Waals surface area contributed by atoms with E-state index in [2.05, 4.69) is 46.2 Å². The van der Waals surface area contributed by atoms with Crippen molar-refractivity contribution in [3.63, 3.8) is 0 Å². The fraction of sp³-hybridized carbons (Fsp3) is 0.500. The first-order valence-corrected chi connectivity index (χ1v) is 7.00. The van der Waals surface area contributed by atoms with Crippen molar-refractivity contribution in [1.82, 2.24) is 20.2 Å². The normalized spacial score (nSPS) is 13.1. The molecule has 0 saturated carbocycles. The lowest BCUT2D eigenvalue weighted by Gasteiger charge is -2.15. The second-order valence-corrected chi connectivity index (χ2v) is 5.51. The van der Waals surface area contributed by atoms with Gasteiger partial charge in [-0.25, -0.2) is 9.67 Å². The third-order valence-corrected chi connectivity index (χ3v) is 3.47. The summed E-state index contributed by atoms with van der Waals surface area (Å²) in [6, 6.07) is 2.17. The molecule has 18 heavy (non-hydrogen) atoms. The fourth-order valence-electron chi connectivity index (χ4n) is 1.87. The summed E-state index contributed by atoms with van der Waals surface area (Å²) in [7, 11) is 0. The lowest BCUT2D eigenvalue weighted by Crippen LogP contribution is -2.30. The summed E-state index contributed by atoms with van der Waals surface area (Å²) >= 11 is 1.67. The second-order valence-electron chi connectivity index (χ2n) is 4.73. The summed E-state index contributed by atoms with van der Waals surface area (Å²) in [6.45, 7) is 5.22. The SMILES string of the molecule is CC(C)Cn1ncnc1CC(NN)c1ccsc1. The van der Waals surface area contributed by atoms with Crippen molar-refractivity contribution in [3.8, 4) is 0 Å². The van der Waals surface area contributed by atoms with Gasteiger partial charge in [0.15, 0.2) is 0 Å². The van der Waals surface area contributed by atoms with Crippen LogP contribution in [-0.4, -0.2) is 14.8 Å². The molecule has 0 spiro atoms. The van der Waals surface area contributed by atoms with Gasteiger partial charge in [-0.15, -0.1) is 0 Å². The first-order valence-electron chi connectivity index (χ1n) is 6.05. The third-order valence-electron chi connectivity index (χ3n) is 2.77. The highest BCUT2D eigenvalue weighted by Gasteiger charge is 2.15. The topological polar surface area (TPSA) is 68.8 Å². The molecule has 2 heterocycles. The van der Waals surface area contributed by atoms with Gasteiger partial charge in [-0.2, -0.15) is 16.4 Å². The number of nitrogens with zero attached hydrogens (tertiary/aromatic N) is 3. The monoisotopic (exact) mass is 265 g/mol. The molecular weight excluding hydrogens is 246 g/mol. The van der Waals surface area contributed by atoms with Crippen molar-refractivity contribution >= 4 is 11.3 Å². The molecule has 2 rings (SSSR count). The van der Waals surface area contributed by atoms with Crippen molar-refractivity contribution in [2.45, 2.75) is 32.9 Å². The summed E-state index contributed by atoms with van der Waals surface area (Å²) in [5.74, 6) is 7.15. The van der Waals surface area contributed by atoms with Gasteiger partial charge >= 0.3 is 0 Å². The minimum atomic E-state index is 0.0892. The van der Waals surface area contributed by atoms with E-state index in [0.29, 0.717) is 5.92 Å². The molecule has 5 nitrogen and oxygen atoms in total. The Morgan fingerprint density at radius 3 is 2.94 bits per heavy atom. The van der Waals surface area contributed by atoms with Crippen molar-refractivity contribution in [1.29, 1.82) is 0 Å². The largest absolute Gasteiger partial charge is 0.271 e. The van der Waals surface area contributed by atoms with Crippen LogP contribution in [0.1, 0.15) is 31.3 Å².